The van der Waals surface area contributed by atoms with E-state index < -0.39 is 0 Å². The summed E-state index contributed by atoms with van der Waals surface area (Å²) in [6.45, 7) is 4.23. The predicted octanol–water partition coefficient (Wildman–Crippen LogP) is 3.45. The summed E-state index contributed by atoms with van der Waals surface area (Å²) in [7, 11) is 0. The molecule has 1 aromatic carbocycles. The van der Waals surface area contributed by atoms with Crippen molar-refractivity contribution in [3.8, 4) is 0 Å². The van der Waals surface area contributed by atoms with Crippen LogP contribution in [0.2, 0.25) is 0 Å². The van der Waals surface area contributed by atoms with Crippen molar-refractivity contribution in [3.05, 3.63) is 53.6 Å². The Balaban J connectivity index is 1.80. The first-order valence-electron chi connectivity index (χ1n) is 7.12. The molecule has 0 aliphatic carbocycles. The summed E-state index contributed by atoms with van der Waals surface area (Å²) in [6, 6.07) is 11.4. The topological polar surface area (TPSA) is 31.9 Å². The summed E-state index contributed by atoms with van der Waals surface area (Å²) >= 11 is 0. The molecule has 2 aromatic rings. The molecule has 1 N–H and O–H groups in total. The van der Waals surface area contributed by atoms with Gasteiger partial charge in [-0.1, -0.05) is 36.8 Å². The minimum atomic E-state index is 0.547. The van der Waals surface area contributed by atoms with Gasteiger partial charge >= 0.3 is 0 Å². The maximum absolute atomic E-state index is 4.44. The lowest BCUT2D eigenvalue weighted by atomic mass is 9.95. The Labute approximate surface area is 114 Å². The average Bonchev–Trinajstić information content (AvgIpc) is 2.86. The first-order valence-corrected chi connectivity index (χ1v) is 7.12. The van der Waals surface area contributed by atoms with Crippen LogP contribution in [-0.2, 0) is 6.54 Å². The Morgan fingerprint density at radius 2 is 2.11 bits per heavy atom. The summed E-state index contributed by atoms with van der Waals surface area (Å²) in [5.41, 5.74) is 3.82. The number of likely N-dealkylation sites (tertiary alicyclic amines) is 1. The number of aromatic nitrogens is 2. The van der Waals surface area contributed by atoms with Gasteiger partial charge in [-0.25, -0.2) is 4.98 Å². The fraction of sp³-hybridized carbons (Fsp3) is 0.438. The lowest BCUT2D eigenvalue weighted by molar-refractivity contribution is 0.138. The highest BCUT2D eigenvalue weighted by atomic mass is 15.2. The summed E-state index contributed by atoms with van der Waals surface area (Å²) in [6.07, 6.45) is 5.68. The number of aromatic amines is 1. The zero-order chi connectivity index (χ0) is 13.1. The van der Waals surface area contributed by atoms with Crippen molar-refractivity contribution in [1.29, 1.82) is 0 Å². The number of H-pyrrole nitrogens is 1. The Kier molecular flexibility index (Phi) is 3.65. The van der Waals surface area contributed by atoms with Gasteiger partial charge in [-0.05, 0) is 31.9 Å². The van der Waals surface area contributed by atoms with Crippen molar-refractivity contribution in [2.75, 3.05) is 6.54 Å². The minimum absolute atomic E-state index is 0.547. The summed E-state index contributed by atoms with van der Waals surface area (Å²) in [4.78, 5) is 10.2. The van der Waals surface area contributed by atoms with Gasteiger partial charge in [0.25, 0.3) is 0 Å². The Morgan fingerprint density at radius 1 is 1.26 bits per heavy atom. The summed E-state index contributed by atoms with van der Waals surface area (Å²) < 4.78 is 0. The van der Waals surface area contributed by atoms with Gasteiger partial charge in [0.05, 0.1) is 12.0 Å². The molecule has 1 saturated heterocycles. The highest BCUT2D eigenvalue weighted by molar-refractivity contribution is 5.20. The number of aryl methyl sites for hydroxylation is 1. The maximum atomic E-state index is 4.44. The van der Waals surface area contributed by atoms with Gasteiger partial charge in [-0.15, -0.1) is 0 Å². The molecule has 1 aromatic heterocycles. The van der Waals surface area contributed by atoms with Crippen molar-refractivity contribution in [1.82, 2.24) is 14.9 Å². The molecule has 0 spiro atoms. The number of rotatable bonds is 3. The molecule has 0 bridgehead atoms. The van der Waals surface area contributed by atoms with Crippen LogP contribution in [0.3, 0.4) is 0 Å². The van der Waals surface area contributed by atoms with Crippen molar-refractivity contribution >= 4 is 0 Å². The standard InChI is InChI=1S/C16H21N3/c1-13-15(18-12-17-13)11-19-10-6-5-9-16(19)14-7-3-2-4-8-14/h2-4,7-8,12,16H,5-6,9-11H2,1H3,(H,17,18). The van der Waals surface area contributed by atoms with E-state index in [1.54, 1.807) is 6.33 Å². The van der Waals surface area contributed by atoms with E-state index in [2.05, 4.69) is 52.1 Å². The second-order valence-electron chi connectivity index (χ2n) is 5.37. The molecule has 3 nitrogen and oxygen atoms in total. The van der Waals surface area contributed by atoms with E-state index in [1.165, 1.54) is 42.8 Å². The number of hydrogen-bond acceptors (Lipinski definition) is 2. The van der Waals surface area contributed by atoms with Crippen LogP contribution < -0.4 is 0 Å². The lowest BCUT2D eigenvalue weighted by Gasteiger charge is -2.35. The van der Waals surface area contributed by atoms with Gasteiger partial charge in [-0.3, -0.25) is 4.90 Å². The van der Waals surface area contributed by atoms with Crippen molar-refractivity contribution in [2.24, 2.45) is 0 Å². The van der Waals surface area contributed by atoms with Gasteiger partial charge in [-0.2, -0.15) is 0 Å². The third kappa shape index (κ3) is 2.71. The number of piperidine rings is 1. The van der Waals surface area contributed by atoms with Crippen LogP contribution in [0.1, 0.15) is 42.3 Å². The van der Waals surface area contributed by atoms with Crippen LogP contribution >= 0.6 is 0 Å². The number of nitrogens with zero attached hydrogens (tertiary/aromatic N) is 2. The average molecular weight is 255 g/mol. The molecule has 1 unspecified atom stereocenters. The van der Waals surface area contributed by atoms with Crippen molar-refractivity contribution < 1.29 is 0 Å². The van der Waals surface area contributed by atoms with Gasteiger partial charge in [0.1, 0.15) is 0 Å². The fourth-order valence-electron chi connectivity index (χ4n) is 2.97. The number of nitrogens with one attached hydrogen (secondary N) is 1. The van der Waals surface area contributed by atoms with E-state index in [4.69, 9.17) is 0 Å². The molecule has 2 heterocycles. The quantitative estimate of drug-likeness (QED) is 0.911. The number of benzene rings is 1. The van der Waals surface area contributed by atoms with E-state index in [9.17, 15) is 0 Å². The highest BCUT2D eigenvalue weighted by Crippen LogP contribution is 2.31. The molecule has 1 aliphatic heterocycles. The highest BCUT2D eigenvalue weighted by Gasteiger charge is 2.24. The van der Waals surface area contributed by atoms with Gasteiger partial charge in [0.15, 0.2) is 0 Å². The van der Waals surface area contributed by atoms with Crippen LogP contribution in [-0.4, -0.2) is 21.4 Å². The summed E-state index contributed by atoms with van der Waals surface area (Å²) in [5, 5.41) is 0. The van der Waals surface area contributed by atoms with Crippen molar-refractivity contribution in [3.63, 3.8) is 0 Å². The minimum Gasteiger partial charge on any atom is -0.348 e. The van der Waals surface area contributed by atoms with Crippen LogP contribution in [0.15, 0.2) is 36.7 Å². The molecule has 0 radical (unpaired) electrons. The monoisotopic (exact) mass is 255 g/mol. The van der Waals surface area contributed by atoms with Crippen LogP contribution in [0.25, 0.3) is 0 Å². The molecule has 19 heavy (non-hydrogen) atoms. The van der Waals surface area contributed by atoms with Gasteiger partial charge in [0.2, 0.25) is 0 Å². The normalized spacial score (nSPS) is 20.6. The second kappa shape index (κ2) is 5.57. The SMILES string of the molecule is Cc1[nH]cnc1CN1CCCCC1c1ccccc1. The number of imidazole rings is 1. The molecule has 3 rings (SSSR count). The molecule has 3 heteroatoms. The Bertz CT molecular complexity index is 518. The van der Waals surface area contributed by atoms with Gasteiger partial charge < -0.3 is 4.98 Å². The lowest BCUT2D eigenvalue weighted by Crippen LogP contribution is -2.33. The first kappa shape index (κ1) is 12.4. The molecular weight excluding hydrogens is 234 g/mol. The molecule has 100 valence electrons. The van der Waals surface area contributed by atoms with E-state index in [-0.39, 0.29) is 0 Å². The van der Waals surface area contributed by atoms with Gasteiger partial charge in [0, 0.05) is 18.3 Å². The van der Waals surface area contributed by atoms with Crippen LogP contribution in [0.4, 0.5) is 0 Å². The third-order valence-electron chi connectivity index (χ3n) is 4.09. The zero-order valence-electron chi connectivity index (χ0n) is 11.5. The third-order valence-corrected chi connectivity index (χ3v) is 4.09. The van der Waals surface area contributed by atoms with Crippen molar-refractivity contribution in [2.45, 2.75) is 38.8 Å². The summed E-state index contributed by atoms with van der Waals surface area (Å²) in [5.74, 6) is 0. The van der Waals surface area contributed by atoms with E-state index in [0.29, 0.717) is 6.04 Å². The molecule has 0 amide bonds. The predicted molar refractivity (Wildman–Crippen MR) is 76.8 cm³/mol. The van der Waals surface area contributed by atoms with E-state index >= 15 is 0 Å². The first-order chi connectivity index (χ1) is 9.34. The number of hydrogen-bond donors (Lipinski definition) is 1. The Hall–Kier alpha value is -1.61. The molecule has 1 atom stereocenters. The molecular formula is C16H21N3. The smallest absolute Gasteiger partial charge is 0.0925 e. The Morgan fingerprint density at radius 3 is 2.84 bits per heavy atom. The fourth-order valence-corrected chi connectivity index (χ4v) is 2.97. The molecule has 1 aliphatic rings. The second-order valence-corrected chi connectivity index (χ2v) is 5.37. The van der Waals surface area contributed by atoms with E-state index in [1.807, 2.05) is 0 Å². The van der Waals surface area contributed by atoms with Crippen LogP contribution in [0.5, 0.6) is 0 Å². The molecule has 1 fully saturated rings. The zero-order valence-corrected chi connectivity index (χ0v) is 11.5. The maximum Gasteiger partial charge on any atom is 0.0925 e. The molecule has 0 saturated carbocycles. The van der Waals surface area contributed by atoms with E-state index in [0.717, 1.165) is 6.54 Å². The largest absolute Gasteiger partial charge is 0.348 e. The van der Waals surface area contributed by atoms with Crippen LogP contribution in [0, 0.1) is 6.92 Å².